The van der Waals surface area contributed by atoms with Gasteiger partial charge in [-0.1, -0.05) is 13.8 Å². The minimum atomic E-state index is 0.182. The molecule has 4 nitrogen and oxygen atoms in total. The number of carbonyl (C=O) groups is 1. The highest BCUT2D eigenvalue weighted by molar-refractivity contribution is 5.78. The summed E-state index contributed by atoms with van der Waals surface area (Å²) in [5.41, 5.74) is 1.25. The van der Waals surface area contributed by atoms with Crippen LogP contribution in [0.4, 0.5) is 5.69 Å². The van der Waals surface area contributed by atoms with Gasteiger partial charge in [-0.2, -0.15) is 0 Å². The predicted octanol–water partition coefficient (Wildman–Crippen LogP) is 2.85. The highest BCUT2D eigenvalue weighted by Gasteiger charge is 2.21. The van der Waals surface area contributed by atoms with E-state index in [9.17, 15) is 4.79 Å². The van der Waals surface area contributed by atoms with Crippen LogP contribution in [0.1, 0.15) is 39.5 Å². The predicted molar refractivity (Wildman–Crippen MR) is 86.3 cm³/mol. The number of nitrogens with zero attached hydrogens (tertiary/aromatic N) is 2. The first-order valence-electron chi connectivity index (χ1n) is 8.17. The Morgan fingerprint density at radius 1 is 1.29 bits per heavy atom. The SMILES string of the molecule is CCC(CC)C(=O)NCC1CCN(c2ccncc2)CC1. The van der Waals surface area contributed by atoms with Gasteiger partial charge in [0.1, 0.15) is 0 Å². The van der Waals surface area contributed by atoms with Gasteiger partial charge in [0.05, 0.1) is 0 Å². The van der Waals surface area contributed by atoms with Gasteiger partial charge in [-0.15, -0.1) is 0 Å². The highest BCUT2D eigenvalue weighted by Crippen LogP contribution is 2.22. The number of aromatic nitrogens is 1. The minimum Gasteiger partial charge on any atom is -0.371 e. The second-order valence-corrected chi connectivity index (χ2v) is 5.89. The van der Waals surface area contributed by atoms with Crippen LogP contribution in [0.2, 0.25) is 0 Å². The molecule has 0 spiro atoms. The van der Waals surface area contributed by atoms with Crippen molar-refractivity contribution < 1.29 is 4.79 Å². The fraction of sp³-hybridized carbons (Fsp3) is 0.647. The quantitative estimate of drug-likeness (QED) is 0.876. The largest absolute Gasteiger partial charge is 0.371 e. The summed E-state index contributed by atoms with van der Waals surface area (Å²) in [6, 6.07) is 4.13. The summed E-state index contributed by atoms with van der Waals surface area (Å²) < 4.78 is 0. The van der Waals surface area contributed by atoms with Crippen LogP contribution < -0.4 is 10.2 Å². The summed E-state index contributed by atoms with van der Waals surface area (Å²) in [7, 11) is 0. The molecule has 21 heavy (non-hydrogen) atoms. The van der Waals surface area contributed by atoms with Gasteiger partial charge >= 0.3 is 0 Å². The molecule has 2 rings (SSSR count). The number of rotatable bonds is 6. The van der Waals surface area contributed by atoms with Crippen LogP contribution in [0.5, 0.6) is 0 Å². The van der Waals surface area contributed by atoms with Crippen LogP contribution in [0.3, 0.4) is 0 Å². The number of hydrogen-bond acceptors (Lipinski definition) is 3. The number of nitrogens with one attached hydrogen (secondary N) is 1. The summed E-state index contributed by atoms with van der Waals surface area (Å²) >= 11 is 0. The first-order valence-corrected chi connectivity index (χ1v) is 8.17. The molecule has 116 valence electrons. The maximum Gasteiger partial charge on any atom is 0.223 e. The van der Waals surface area contributed by atoms with Gasteiger partial charge in [-0.25, -0.2) is 0 Å². The van der Waals surface area contributed by atoms with Crippen LogP contribution in [-0.2, 0) is 4.79 Å². The first kappa shape index (κ1) is 15.8. The number of piperidine rings is 1. The molecular formula is C17H27N3O. The van der Waals surface area contributed by atoms with Crippen molar-refractivity contribution in [1.82, 2.24) is 10.3 Å². The fourth-order valence-corrected chi connectivity index (χ4v) is 3.00. The van der Waals surface area contributed by atoms with E-state index in [4.69, 9.17) is 0 Å². The summed E-state index contributed by atoms with van der Waals surface area (Å²) in [6.07, 6.45) is 7.84. The smallest absolute Gasteiger partial charge is 0.223 e. The van der Waals surface area contributed by atoms with Gasteiger partial charge in [-0.3, -0.25) is 9.78 Å². The van der Waals surface area contributed by atoms with Crippen LogP contribution >= 0.6 is 0 Å². The van der Waals surface area contributed by atoms with Gasteiger partial charge < -0.3 is 10.2 Å². The molecule has 1 aromatic heterocycles. The number of amides is 1. The number of hydrogen-bond donors (Lipinski definition) is 1. The van der Waals surface area contributed by atoms with E-state index in [1.54, 1.807) is 0 Å². The molecule has 0 bridgehead atoms. The van der Waals surface area contributed by atoms with Crippen LogP contribution in [0.25, 0.3) is 0 Å². The third-order valence-corrected chi connectivity index (χ3v) is 4.56. The molecule has 1 N–H and O–H groups in total. The molecule has 0 aromatic carbocycles. The van der Waals surface area contributed by atoms with Crippen molar-refractivity contribution in [3.8, 4) is 0 Å². The van der Waals surface area contributed by atoms with Crippen molar-refractivity contribution in [2.75, 3.05) is 24.5 Å². The molecule has 4 heteroatoms. The zero-order valence-electron chi connectivity index (χ0n) is 13.2. The van der Waals surface area contributed by atoms with Gasteiger partial charge in [0, 0.05) is 43.6 Å². The molecular weight excluding hydrogens is 262 g/mol. The van der Waals surface area contributed by atoms with E-state index in [1.165, 1.54) is 5.69 Å². The van der Waals surface area contributed by atoms with Crippen LogP contribution in [-0.4, -0.2) is 30.5 Å². The average molecular weight is 289 g/mol. The van der Waals surface area contributed by atoms with E-state index in [0.29, 0.717) is 5.92 Å². The van der Waals surface area contributed by atoms with Crippen LogP contribution in [0, 0.1) is 11.8 Å². The number of carbonyl (C=O) groups excluding carboxylic acids is 1. The molecule has 0 unspecified atom stereocenters. The Morgan fingerprint density at radius 3 is 2.48 bits per heavy atom. The number of pyridine rings is 1. The Hall–Kier alpha value is -1.58. The standard InChI is InChI=1S/C17H27N3O/c1-3-15(4-2)17(21)19-13-14-7-11-20(12-8-14)16-5-9-18-10-6-16/h5-6,9-10,14-15H,3-4,7-8,11-13H2,1-2H3,(H,19,21). The normalized spacial score (nSPS) is 16.2. The third-order valence-electron chi connectivity index (χ3n) is 4.56. The minimum absolute atomic E-state index is 0.182. The maximum absolute atomic E-state index is 12.0. The molecule has 1 aliphatic heterocycles. The molecule has 0 atom stereocenters. The fourth-order valence-electron chi connectivity index (χ4n) is 3.00. The van der Waals surface area contributed by atoms with Gasteiger partial charge in [0.2, 0.25) is 5.91 Å². The van der Waals surface area contributed by atoms with Crippen molar-refractivity contribution in [2.45, 2.75) is 39.5 Å². The molecule has 2 heterocycles. The van der Waals surface area contributed by atoms with E-state index in [2.05, 4.69) is 41.2 Å². The van der Waals surface area contributed by atoms with Crippen molar-refractivity contribution in [3.63, 3.8) is 0 Å². The van der Waals surface area contributed by atoms with E-state index in [-0.39, 0.29) is 11.8 Å². The summed E-state index contributed by atoms with van der Waals surface area (Å²) in [4.78, 5) is 18.5. The lowest BCUT2D eigenvalue weighted by molar-refractivity contribution is -0.125. The second kappa shape index (κ2) is 8.01. The molecule has 1 amide bonds. The summed E-state index contributed by atoms with van der Waals surface area (Å²) in [6.45, 7) is 7.13. The van der Waals surface area contributed by atoms with Crippen LogP contribution in [0.15, 0.2) is 24.5 Å². The number of anilines is 1. The first-order chi connectivity index (χ1) is 10.2. The maximum atomic E-state index is 12.0. The Morgan fingerprint density at radius 2 is 1.90 bits per heavy atom. The molecule has 0 radical (unpaired) electrons. The Kier molecular flexibility index (Phi) is 6.03. The van der Waals surface area contributed by atoms with E-state index >= 15 is 0 Å². The molecule has 0 saturated carbocycles. The zero-order chi connectivity index (χ0) is 15.1. The van der Waals surface area contributed by atoms with Crippen molar-refractivity contribution >= 4 is 11.6 Å². The monoisotopic (exact) mass is 289 g/mol. The summed E-state index contributed by atoms with van der Waals surface area (Å²) in [5.74, 6) is 1.03. The highest BCUT2D eigenvalue weighted by atomic mass is 16.1. The lowest BCUT2D eigenvalue weighted by atomic mass is 9.95. The van der Waals surface area contributed by atoms with E-state index < -0.39 is 0 Å². The third kappa shape index (κ3) is 4.45. The second-order valence-electron chi connectivity index (χ2n) is 5.89. The van der Waals surface area contributed by atoms with Gasteiger partial charge in [0.25, 0.3) is 0 Å². The molecule has 1 fully saturated rings. The van der Waals surface area contributed by atoms with Crippen molar-refractivity contribution in [3.05, 3.63) is 24.5 Å². The molecule has 0 aliphatic carbocycles. The molecule has 1 aliphatic rings. The Bertz CT molecular complexity index is 423. The van der Waals surface area contributed by atoms with Crippen molar-refractivity contribution in [1.29, 1.82) is 0 Å². The molecule has 1 saturated heterocycles. The van der Waals surface area contributed by atoms with Gasteiger partial charge in [-0.05, 0) is 43.7 Å². The van der Waals surface area contributed by atoms with Crippen molar-refractivity contribution in [2.24, 2.45) is 11.8 Å². The van der Waals surface area contributed by atoms with E-state index in [1.807, 2.05) is 12.4 Å². The molecule has 1 aromatic rings. The summed E-state index contributed by atoms with van der Waals surface area (Å²) in [5, 5.41) is 3.14. The Labute approximate surface area is 127 Å². The van der Waals surface area contributed by atoms with E-state index in [0.717, 1.165) is 45.3 Å². The average Bonchev–Trinajstić information content (AvgIpc) is 2.55. The zero-order valence-corrected chi connectivity index (χ0v) is 13.2. The lowest BCUT2D eigenvalue weighted by Gasteiger charge is -2.33. The Balaban J connectivity index is 1.73. The topological polar surface area (TPSA) is 45.2 Å². The van der Waals surface area contributed by atoms with Gasteiger partial charge in [0.15, 0.2) is 0 Å². The lowest BCUT2D eigenvalue weighted by Crippen LogP contribution is -2.40.